The summed E-state index contributed by atoms with van der Waals surface area (Å²) in [4.78, 5) is 40.2. The molecule has 2 saturated heterocycles. The van der Waals surface area contributed by atoms with Crippen LogP contribution in [0.4, 0.5) is 13.2 Å². The van der Waals surface area contributed by atoms with Crippen LogP contribution in [0.1, 0.15) is 27.2 Å². The third-order valence-electron chi connectivity index (χ3n) is 4.54. The fraction of sp³-hybridized carbons (Fsp3) is 0.543. The van der Waals surface area contributed by atoms with Gasteiger partial charge in [-0.25, -0.2) is 14.4 Å². The van der Waals surface area contributed by atoms with Gasteiger partial charge in [0.25, 0.3) is 0 Å². The maximum Gasteiger partial charge on any atom is 0.422 e. The molecule has 16 heteroatoms. The first-order chi connectivity index (χ1) is 23.7. The number of hydrogen-bond donors (Lipinski definition) is 0. The van der Waals surface area contributed by atoms with Crippen LogP contribution in [0.3, 0.4) is 0 Å². The number of ether oxygens (including phenoxy) is 9. The molecule has 0 saturated carbocycles. The molecule has 0 aliphatic carbocycles. The standard InChI is InChI=1S/C5H5F3O2.C5H10O2.C5H8O2.C5H8O.C4H8O2.C4H6O2.C4H8O.C3H6O/c1-3(4(9)10-2)5(6,7)8;1-5(3-6-2)4-7-5;1-4(2)5(6)7-3;1-3-5(6)4-2;1-5-2-4-3-6-4;1-3-4(5)6-2;1-3-4-5-2;1-3-4-2/h1H2,2H3;3-4H2,1-2H3;1H2,2-3H3;3H,1,4H2,2H3;4H,2-3H2,1H3;3H,1H2,2H3;3H,1,4H2,2H3;3H,1H2,2H3. The summed E-state index contributed by atoms with van der Waals surface area (Å²) < 4.78 is 75.0. The van der Waals surface area contributed by atoms with Gasteiger partial charge in [0, 0.05) is 39.4 Å². The van der Waals surface area contributed by atoms with Crippen LogP contribution in [0, 0.1) is 0 Å². The van der Waals surface area contributed by atoms with E-state index < -0.39 is 23.7 Å². The topological polar surface area (TPSA) is 158 Å². The summed E-state index contributed by atoms with van der Waals surface area (Å²) in [6.07, 6.45) is 1.84. The van der Waals surface area contributed by atoms with Crippen LogP contribution in [-0.2, 0) is 61.8 Å². The summed E-state index contributed by atoms with van der Waals surface area (Å²) in [5, 5.41) is 0. The molecule has 0 spiro atoms. The number of esters is 3. The highest BCUT2D eigenvalue weighted by molar-refractivity contribution is 5.89. The summed E-state index contributed by atoms with van der Waals surface area (Å²) in [5.74, 6) is -2.09. The van der Waals surface area contributed by atoms with Crippen LogP contribution >= 0.6 is 0 Å². The first-order valence-corrected chi connectivity index (χ1v) is 14.6. The number of carbonyl (C=O) groups is 4. The molecule has 0 aromatic rings. The van der Waals surface area contributed by atoms with Gasteiger partial charge in [0.1, 0.15) is 17.3 Å². The Morgan fingerprint density at radius 2 is 1.31 bits per heavy atom. The molecule has 2 aliphatic heterocycles. The first-order valence-electron chi connectivity index (χ1n) is 14.6. The van der Waals surface area contributed by atoms with Crippen LogP contribution in [0.5, 0.6) is 0 Å². The summed E-state index contributed by atoms with van der Waals surface area (Å²) in [6.45, 7) is 28.3. The zero-order chi connectivity index (χ0) is 41.5. The van der Waals surface area contributed by atoms with Crippen LogP contribution in [0.25, 0.3) is 0 Å². The van der Waals surface area contributed by atoms with Gasteiger partial charge in [0.05, 0.1) is 67.7 Å². The van der Waals surface area contributed by atoms with Gasteiger partial charge in [0.15, 0.2) is 5.78 Å². The predicted molar refractivity (Wildman–Crippen MR) is 189 cm³/mol. The SMILES string of the molecule is C=C(C(=O)OC)C(F)(F)F.C=C(C)C(=O)OC.C=CC(=O)CC.C=CC(=O)OC.C=CCOC.C=COC.COCC1(C)CO1.COCC1CO1. The number of ketones is 1. The highest BCUT2D eigenvalue weighted by atomic mass is 19.4. The predicted octanol–water partition coefficient (Wildman–Crippen LogP) is 5.56. The summed E-state index contributed by atoms with van der Waals surface area (Å²) in [6, 6.07) is 0. The van der Waals surface area contributed by atoms with Crippen molar-refractivity contribution < 1.29 is 75.0 Å². The van der Waals surface area contributed by atoms with Crippen molar-refractivity contribution in [2.75, 3.05) is 82.8 Å². The van der Waals surface area contributed by atoms with Crippen molar-refractivity contribution in [1.29, 1.82) is 0 Å². The lowest BCUT2D eigenvalue weighted by Crippen LogP contribution is -2.19. The molecule has 0 radical (unpaired) electrons. The normalized spacial score (nSPS) is 14.9. The molecule has 0 N–H and O–H groups in total. The Kier molecular flexibility index (Phi) is 46.7. The van der Waals surface area contributed by atoms with Crippen molar-refractivity contribution in [3.63, 3.8) is 0 Å². The van der Waals surface area contributed by atoms with Gasteiger partial charge in [-0.3, -0.25) is 4.79 Å². The number of alkyl halides is 3. The smallest absolute Gasteiger partial charge is 0.422 e. The number of rotatable bonds is 12. The van der Waals surface area contributed by atoms with Crippen molar-refractivity contribution in [1.82, 2.24) is 0 Å². The van der Waals surface area contributed by atoms with Gasteiger partial charge in [0.2, 0.25) is 0 Å². The van der Waals surface area contributed by atoms with E-state index in [1.165, 1.54) is 26.6 Å². The zero-order valence-corrected chi connectivity index (χ0v) is 31.8. The van der Waals surface area contributed by atoms with E-state index in [1.807, 2.05) is 13.8 Å². The highest BCUT2D eigenvalue weighted by Gasteiger charge is 2.39. The average Bonchev–Trinajstić information content (AvgIpc) is 4.07. The fourth-order valence-electron chi connectivity index (χ4n) is 1.62. The first kappa shape index (κ1) is 59.1. The number of methoxy groups -OCH3 is 7. The van der Waals surface area contributed by atoms with E-state index in [0.717, 1.165) is 39.6 Å². The Labute approximate surface area is 301 Å². The van der Waals surface area contributed by atoms with Crippen LogP contribution in [0.15, 0.2) is 75.1 Å². The molecule has 0 amide bonds. The fourth-order valence-corrected chi connectivity index (χ4v) is 1.62. The van der Waals surface area contributed by atoms with E-state index >= 15 is 0 Å². The molecule has 0 bridgehead atoms. The lowest BCUT2D eigenvalue weighted by Gasteiger charge is -2.05. The molecule has 51 heavy (non-hydrogen) atoms. The number of hydrogen-bond acceptors (Lipinski definition) is 13. The van der Waals surface area contributed by atoms with E-state index in [-0.39, 0.29) is 17.4 Å². The molecule has 298 valence electrons. The lowest BCUT2D eigenvalue weighted by molar-refractivity contribution is -0.148. The monoisotopic (exact) mass is 744 g/mol. The quantitative estimate of drug-likeness (QED) is 0.0612. The maximum atomic E-state index is 11.5. The van der Waals surface area contributed by atoms with Gasteiger partial charge in [-0.1, -0.05) is 45.9 Å². The van der Waals surface area contributed by atoms with Crippen molar-refractivity contribution in [2.45, 2.75) is 45.1 Å². The third kappa shape index (κ3) is 55.6. The highest BCUT2D eigenvalue weighted by Crippen LogP contribution is 2.25. The van der Waals surface area contributed by atoms with E-state index in [4.69, 9.17) is 18.9 Å². The van der Waals surface area contributed by atoms with E-state index in [2.05, 4.69) is 63.2 Å². The second kappa shape index (κ2) is 40.3. The second-order valence-electron chi connectivity index (χ2n) is 9.22. The van der Waals surface area contributed by atoms with Crippen LogP contribution in [-0.4, -0.2) is 124 Å². The zero-order valence-electron chi connectivity index (χ0n) is 31.8. The Morgan fingerprint density at radius 3 is 1.37 bits per heavy atom. The Bertz CT molecular complexity index is 966. The minimum Gasteiger partial charge on any atom is -0.505 e. The van der Waals surface area contributed by atoms with Gasteiger partial charge >= 0.3 is 24.1 Å². The van der Waals surface area contributed by atoms with Crippen LogP contribution < -0.4 is 0 Å². The second-order valence-corrected chi connectivity index (χ2v) is 9.22. The number of allylic oxidation sites excluding steroid dienone is 1. The van der Waals surface area contributed by atoms with Crippen LogP contribution in [0.2, 0.25) is 0 Å². The third-order valence-corrected chi connectivity index (χ3v) is 4.54. The number of epoxide rings is 2. The summed E-state index contributed by atoms with van der Waals surface area (Å²) >= 11 is 0. The van der Waals surface area contributed by atoms with E-state index in [9.17, 15) is 32.3 Å². The number of carbonyl (C=O) groups excluding carboxylic acids is 4. The van der Waals surface area contributed by atoms with Gasteiger partial charge in [-0.2, -0.15) is 13.2 Å². The largest absolute Gasteiger partial charge is 0.505 e. The summed E-state index contributed by atoms with van der Waals surface area (Å²) in [5.41, 5.74) is -0.980. The molecule has 2 rings (SSSR count). The number of halogens is 3. The Hall–Kier alpha value is -4.09. The summed E-state index contributed by atoms with van der Waals surface area (Å²) in [7, 11) is 10.1. The van der Waals surface area contributed by atoms with Crippen molar-refractivity contribution >= 4 is 23.7 Å². The molecule has 0 aromatic heterocycles. The van der Waals surface area contributed by atoms with Gasteiger partial charge in [-0.05, 0) is 19.9 Å². The Morgan fingerprint density at radius 1 is 0.843 bits per heavy atom. The van der Waals surface area contributed by atoms with Gasteiger partial charge < -0.3 is 42.6 Å². The molecule has 2 aliphatic rings. The average molecular weight is 745 g/mol. The minimum atomic E-state index is -4.69. The van der Waals surface area contributed by atoms with Crippen molar-refractivity contribution in [2.24, 2.45) is 0 Å². The minimum absolute atomic E-state index is 0.0781. The molecular formula is C35H59F3O13. The molecule has 2 heterocycles. The molecule has 2 fully saturated rings. The van der Waals surface area contributed by atoms with Crippen molar-refractivity contribution in [3.05, 3.63) is 75.1 Å². The Balaban J connectivity index is -0.000000115. The molecular weight excluding hydrogens is 685 g/mol. The van der Waals surface area contributed by atoms with Gasteiger partial charge in [-0.15, -0.1) is 6.58 Å². The van der Waals surface area contributed by atoms with E-state index in [1.54, 1.807) is 41.4 Å². The molecule has 2 unspecified atom stereocenters. The van der Waals surface area contributed by atoms with E-state index in [0.29, 0.717) is 24.7 Å². The molecule has 13 nitrogen and oxygen atoms in total. The lowest BCUT2D eigenvalue weighted by atomic mass is 10.2. The molecule has 2 atom stereocenters. The maximum absolute atomic E-state index is 11.5. The van der Waals surface area contributed by atoms with Crippen molar-refractivity contribution in [3.8, 4) is 0 Å². The molecule has 0 aromatic carbocycles.